The van der Waals surface area contributed by atoms with Crippen molar-refractivity contribution in [1.29, 1.82) is 0 Å². The molecule has 2 amide bonds. The number of nitrogens with one attached hydrogen (secondary N) is 2. The fraction of sp³-hybridized carbons (Fsp3) is 0.333. The molecule has 0 aromatic heterocycles. The third kappa shape index (κ3) is 6.07. The predicted molar refractivity (Wildman–Crippen MR) is 107 cm³/mol. The lowest BCUT2D eigenvalue weighted by atomic mass is 9.88. The van der Waals surface area contributed by atoms with Gasteiger partial charge in [-0.3, -0.25) is 14.4 Å². The minimum absolute atomic E-state index is 0.0966. The van der Waals surface area contributed by atoms with Crippen LogP contribution in [0.2, 0.25) is 0 Å². The Labute approximate surface area is 164 Å². The van der Waals surface area contributed by atoms with Crippen LogP contribution in [0.15, 0.2) is 42.5 Å². The van der Waals surface area contributed by atoms with Crippen LogP contribution in [0.1, 0.15) is 45.8 Å². The largest absolute Gasteiger partial charge is 0.507 e. The molecule has 0 aliphatic carbocycles. The molecule has 1 unspecified atom stereocenters. The second-order valence-corrected chi connectivity index (χ2v) is 6.53. The lowest BCUT2D eigenvalue weighted by Gasteiger charge is -2.18. The molecule has 0 saturated heterocycles. The fourth-order valence-corrected chi connectivity index (χ4v) is 3.18. The summed E-state index contributed by atoms with van der Waals surface area (Å²) in [6.45, 7) is 1.06. The van der Waals surface area contributed by atoms with Crippen LogP contribution in [0, 0.1) is 0 Å². The quantitative estimate of drug-likeness (QED) is 0.268. The summed E-state index contributed by atoms with van der Waals surface area (Å²) in [5.41, 5.74) is 11.3. The molecule has 2 aromatic carbocycles. The van der Waals surface area contributed by atoms with Crippen LogP contribution in [-0.2, 0) is 22.6 Å². The molecule has 0 fully saturated rings. The molecular formula is C21H27N3O4. The maximum atomic E-state index is 12.0. The Hall–Kier alpha value is -2.90. The summed E-state index contributed by atoms with van der Waals surface area (Å²) in [6.07, 6.45) is 3.03. The van der Waals surface area contributed by atoms with Crippen LogP contribution in [0.3, 0.4) is 0 Å². The number of aromatic hydroxyl groups is 1. The van der Waals surface area contributed by atoms with Crippen molar-refractivity contribution in [3.63, 3.8) is 0 Å². The van der Waals surface area contributed by atoms with Crippen LogP contribution in [0.25, 0.3) is 0 Å². The van der Waals surface area contributed by atoms with E-state index in [4.69, 9.17) is 5.73 Å². The van der Waals surface area contributed by atoms with Crippen molar-refractivity contribution in [3.8, 4) is 5.75 Å². The average molecular weight is 385 g/mol. The molecule has 0 aliphatic heterocycles. The van der Waals surface area contributed by atoms with E-state index in [-0.39, 0.29) is 17.2 Å². The number of benzene rings is 2. The molecule has 7 heteroatoms. The molecule has 1 atom stereocenters. The lowest BCUT2D eigenvalue weighted by molar-refractivity contribution is -0.109. The standard InChI is InChI=1S/C21H27N3O4/c1-28-24-21(27)19-12-15(6-8-20(19)26)5-7-17(9-10-23-14-25)18-4-2-3-16(11-18)13-22/h2-4,6,8,11-12,14,17,26H,5,7,9-10,13,22H2,1H3,(H,23,25)(H,24,27). The molecule has 0 radical (unpaired) electrons. The van der Waals surface area contributed by atoms with Crippen LogP contribution < -0.4 is 16.5 Å². The van der Waals surface area contributed by atoms with E-state index in [2.05, 4.69) is 27.8 Å². The number of phenols is 1. The molecule has 0 heterocycles. The molecule has 150 valence electrons. The third-order valence-corrected chi connectivity index (χ3v) is 4.66. The normalized spacial score (nSPS) is 11.6. The first kappa shape index (κ1) is 21.4. The van der Waals surface area contributed by atoms with Crippen molar-refractivity contribution in [2.75, 3.05) is 13.7 Å². The minimum atomic E-state index is -0.496. The van der Waals surface area contributed by atoms with Crippen LogP contribution in [0.4, 0.5) is 0 Å². The van der Waals surface area contributed by atoms with E-state index in [1.165, 1.54) is 18.7 Å². The highest BCUT2D eigenvalue weighted by atomic mass is 16.6. The molecular weight excluding hydrogens is 358 g/mol. The topological polar surface area (TPSA) is 114 Å². The zero-order valence-corrected chi connectivity index (χ0v) is 16.0. The summed E-state index contributed by atoms with van der Waals surface area (Å²) in [7, 11) is 1.34. The number of aryl methyl sites for hydroxylation is 1. The number of phenolic OH excluding ortho intramolecular Hbond substituents is 1. The summed E-state index contributed by atoms with van der Waals surface area (Å²) >= 11 is 0. The number of hydrogen-bond acceptors (Lipinski definition) is 5. The third-order valence-electron chi connectivity index (χ3n) is 4.66. The van der Waals surface area contributed by atoms with Crippen molar-refractivity contribution >= 4 is 12.3 Å². The van der Waals surface area contributed by atoms with Crippen molar-refractivity contribution in [2.24, 2.45) is 5.73 Å². The van der Waals surface area contributed by atoms with E-state index in [1.807, 2.05) is 12.1 Å². The zero-order valence-electron chi connectivity index (χ0n) is 16.0. The summed E-state index contributed by atoms with van der Waals surface area (Å²) in [5.74, 6) is -0.367. The molecule has 5 N–H and O–H groups in total. The number of rotatable bonds is 11. The lowest BCUT2D eigenvalue weighted by Crippen LogP contribution is -2.22. The van der Waals surface area contributed by atoms with Gasteiger partial charge in [-0.05, 0) is 54.0 Å². The van der Waals surface area contributed by atoms with Crippen LogP contribution in [-0.4, -0.2) is 31.1 Å². The van der Waals surface area contributed by atoms with Gasteiger partial charge in [-0.25, -0.2) is 5.48 Å². The number of carbonyl (C=O) groups is 2. The summed E-state index contributed by atoms with van der Waals surface area (Å²) in [5, 5.41) is 12.6. The summed E-state index contributed by atoms with van der Waals surface area (Å²) < 4.78 is 0. The van der Waals surface area contributed by atoms with Gasteiger partial charge >= 0.3 is 0 Å². The Bertz CT molecular complexity index is 795. The summed E-state index contributed by atoms with van der Waals surface area (Å²) in [6, 6.07) is 13.1. The van der Waals surface area contributed by atoms with Gasteiger partial charge in [0.25, 0.3) is 5.91 Å². The monoisotopic (exact) mass is 385 g/mol. The number of nitrogens with two attached hydrogens (primary N) is 1. The van der Waals surface area contributed by atoms with Gasteiger partial charge in [-0.1, -0.05) is 30.3 Å². The highest BCUT2D eigenvalue weighted by molar-refractivity contribution is 5.96. The molecule has 2 rings (SSSR count). The molecule has 28 heavy (non-hydrogen) atoms. The second kappa shape index (κ2) is 11.1. The number of amides is 2. The molecule has 2 aromatic rings. The van der Waals surface area contributed by atoms with Gasteiger partial charge < -0.3 is 16.2 Å². The minimum Gasteiger partial charge on any atom is -0.507 e. The molecule has 7 nitrogen and oxygen atoms in total. The Morgan fingerprint density at radius 1 is 1.21 bits per heavy atom. The number of hydroxylamine groups is 1. The fourth-order valence-electron chi connectivity index (χ4n) is 3.18. The van der Waals surface area contributed by atoms with E-state index >= 15 is 0 Å². The van der Waals surface area contributed by atoms with Gasteiger partial charge in [0.05, 0.1) is 12.7 Å². The first-order valence-electron chi connectivity index (χ1n) is 9.20. The van der Waals surface area contributed by atoms with Crippen LogP contribution in [0.5, 0.6) is 5.75 Å². The first-order valence-corrected chi connectivity index (χ1v) is 9.20. The highest BCUT2D eigenvalue weighted by Crippen LogP contribution is 2.27. The van der Waals surface area contributed by atoms with Crippen molar-refractivity contribution in [2.45, 2.75) is 31.7 Å². The van der Waals surface area contributed by atoms with E-state index in [1.54, 1.807) is 12.1 Å². The van der Waals surface area contributed by atoms with E-state index < -0.39 is 5.91 Å². The summed E-state index contributed by atoms with van der Waals surface area (Å²) in [4.78, 5) is 27.2. The van der Waals surface area contributed by atoms with E-state index in [9.17, 15) is 14.7 Å². The number of carbonyl (C=O) groups excluding carboxylic acids is 2. The molecule has 0 spiro atoms. The maximum Gasteiger partial charge on any atom is 0.278 e. The number of hydrogen-bond donors (Lipinski definition) is 4. The van der Waals surface area contributed by atoms with Gasteiger partial charge in [0.2, 0.25) is 6.41 Å². The Morgan fingerprint density at radius 2 is 2.04 bits per heavy atom. The average Bonchev–Trinajstić information content (AvgIpc) is 2.71. The zero-order chi connectivity index (χ0) is 20.4. The van der Waals surface area contributed by atoms with Crippen molar-refractivity contribution in [1.82, 2.24) is 10.8 Å². The molecule has 0 saturated carbocycles. The Balaban J connectivity index is 2.14. The molecule has 0 bridgehead atoms. The van der Waals surface area contributed by atoms with Crippen molar-refractivity contribution < 1.29 is 19.5 Å². The second-order valence-electron chi connectivity index (χ2n) is 6.53. The van der Waals surface area contributed by atoms with E-state index in [0.717, 1.165) is 24.0 Å². The van der Waals surface area contributed by atoms with Gasteiger partial charge in [0, 0.05) is 13.1 Å². The SMILES string of the molecule is CONC(=O)c1cc(CCC(CCNC=O)c2cccc(CN)c2)ccc1O. The van der Waals surface area contributed by atoms with Gasteiger partial charge in [0.15, 0.2) is 0 Å². The van der Waals surface area contributed by atoms with Crippen LogP contribution >= 0.6 is 0 Å². The van der Waals surface area contributed by atoms with Crippen molar-refractivity contribution in [3.05, 3.63) is 64.7 Å². The van der Waals surface area contributed by atoms with Gasteiger partial charge in [-0.15, -0.1) is 0 Å². The highest BCUT2D eigenvalue weighted by Gasteiger charge is 2.15. The molecule has 0 aliphatic rings. The Morgan fingerprint density at radius 3 is 2.75 bits per heavy atom. The predicted octanol–water partition coefficient (Wildman–Crippen LogP) is 1.99. The Kier molecular flexibility index (Phi) is 8.45. The van der Waals surface area contributed by atoms with Gasteiger partial charge in [-0.2, -0.15) is 0 Å². The smallest absolute Gasteiger partial charge is 0.278 e. The van der Waals surface area contributed by atoms with E-state index in [0.29, 0.717) is 25.9 Å². The first-order chi connectivity index (χ1) is 13.6. The van der Waals surface area contributed by atoms with Gasteiger partial charge in [0.1, 0.15) is 5.75 Å². The maximum absolute atomic E-state index is 12.0.